The smallest absolute Gasteiger partial charge is 0.275 e. The predicted octanol–water partition coefficient (Wildman–Crippen LogP) is 1.23. The summed E-state index contributed by atoms with van der Waals surface area (Å²) in [7, 11) is 0. The van der Waals surface area contributed by atoms with Crippen molar-refractivity contribution in [2.24, 2.45) is 0 Å². The Labute approximate surface area is 139 Å². The zero-order valence-electron chi connectivity index (χ0n) is 14.1. The molecule has 1 amide bonds. The lowest BCUT2D eigenvalue weighted by atomic mass is 10.1. The zero-order chi connectivity index (χ0) is 15.9. The van der Waals surface area contributed by atoms with Gasteiger partial charge in [-0.25, -0.2) is 0 Å². The van der Waals surface area contributed by atoms with Gasteiger partial charge in [0.05, 0.1) is 26.2 Å². The van der Waals surface area contributed by atoms with E-state index in [2.05, 4.69) is 40.5 Å². The minimum Gasteiger partial charge on any atom is -0.360 e. The van der Waals surface area contributed by atoms with Gasteiger partial charge in [-0.15, -0.1) is 0 Å². The summed E-state index contributed by atoms with van der Waals surface area (Å²) in [6, 6.07) is 11.0. The third-order valence-electron chi connectivity index (χ3n) is 5.22. The van der Waals surface area contributed by atoms with Crippen molar-refractivity contribution in [2.45, 2.75) is 44.6 Å². The van der Waals surface area contributed by atoms with Crippen LogP contribution in [0.25, 0.3) is 0 Å². The summed E-state index contributed by atoms with van der Waals surface area (Å²) in [5.41, 5.74) is 1.30. The fourth-order valence-electron chi connectivity index (χ4n) is 3.83. The molecule has 1 aromatic carbocycles. The average molecular weight is 316 g/mol. The number of benzene rings is 1. The summed E-state index contributed by atoms with van der Waals surface area (Å²) in [6.45, 7) is 4.81. The topological polar surface area (TPSA) is 36.8 Å². The number of piperazine rings is 1. The highest BCUT2D eigenvalue weighted by atomic mass is 16.2. The summed E-state index contributed by atoms with van der Waals surface area (Å²) >= 11 is 0. The molecule has 1 heterocycles. The molecule has 2 fully saturated rings. The molecule has 1 aliphatic heterocycles. The second-order valence-electron chi connectivity index (χ2n) is 7.01. The Morgan fingerprint density at radius 3 is 2.35 bits per heavy atom. The second kappa shape index (κ2) is 8.34. The van der Waals surface area contributed by atoms with Crippen molar-refractivity contribution < 1.29 is 9.69 Å². The highest BCUT2D eigenvalue weighted by Gasteiger charge is 2.23. The molecule has 0 aromatic heterocycles. The monoisotopic (exact) mass is 316 g/mol. The summed E-state index contributed by atoms with van der Waals surface area (Å²) in [5.74, 6) is 0.250. The molecule has 2 N–H and O–H groups in total. The summed E-state index contributed by atoms with van der Waals surface area (Å²) in [6.07, 6.45) is 7.55. The van der Waals surface area contributed by atoms with E-state index >= 15 is 0 Å². The third-order valence-corrected chi connectivity index (χ3v) is 5.22. The van der Waals surface area contributed by atoms with E-state index < -0.39 is 0 Å². The van der Waals surface area contributed by atoms with Gasteiger partial charge in [-0.05, 0) is 25.0 Å². The van der Waals surface area contributed by atoms with E-state index in [0.717, 1.165) is 26.2 Å². The van der Waals surface area contributed by atoms with Gasteiger partial charge in [0.15, 0.2) is 6.54 Å². The van der Waals surface area contributed by atoms with Crippen LogP contribution >= 0.6 is 0 Å². The van der Waals surface area contributed by atoms with Gasteiger partial charge < -0.3 is 15.1 Å². The fraction of sp³-hybridized carbons (Fsp3) is 0.632. The molecule has 0 spiro atoms. The van der Waals surface area contributed by atoms with Crippen molar-refractivity contribution in [3.63, 3.8) is 0 Å². The predicted molar refractivity (Wildman–Crippen MR) is 93.9 cm³/mol. The Bertz CT molecular complexity index is 475. The van der Waals surface area contributed by atoms with Gasteiger partial charge in [-0.2, -0.15) is 0 Å². The van der Waals surface area contributed by atoms with Crippen molar-refractivity contribution in [2.75, 3.05) is 37.6 Å². The quantitative estimate of drug-likeness (QED) is 0.820. The maximum atomic E-state index is 12.3. The van der Waals surface area contributed by atoms with Crippen molar-refractivity contribution >= 4 is 11.6 Å². The van der Waals surface area contributed by atoms with Crippen LogP contribution in [0.3, 0.4) is 0 Å². The van der Waals surface area contributed by atoms with Crippen LogP contribution < -0.4 is 15.1 Å². The number of hydrogen-bond acceptors (Lipinski definition) is 2. The molecule has 1 saturated carbocycles. The number of nitrogens with zero attached hydrogens (tertiary/aromatic N) is 1. The van der Waals surface area contributed by atoms with Crippen LogP contribution in [0.4, 0.5) is 5.69 Å². The molecule has 3 rings (SSSR count). The number of carbonyl (C=O) groups excluding carboxylic acids is 1. The molecule has 0 unspecified atom stereocenters. The largest absolute Gasteiger partial charge is 0.360 e. The van der Waals surface area contributed by atoms with Crippen molar-refractivity contribution in [3.8, 4) is 0 Å². The van der Waals surface area contributed by atoms with Gasteiger partial charge in [0.1, 0.15) is 0 Å². The molecule has 4 heteroatoms. The first-order chi connectivity index (χ1) is 11.3. The fourth-order valence-corrected chi connectivity index (χ4v) is 3.83. The zero-order valence-corrected chi connectivity index (χ0v) is 14.1. The number of nitrogens with one attached hydrogen (secondary N) is 2. The van der Waals surface area contributed by atoms with Crippen LogP contribution in [0.5, 0.6) is 0 Å². The maximum absolute atomic E-state index is 12.3. The van der Waals surface area contributed by atoms with Gasteiger partial charge >= 0.3 is 0 Å². The number of para-hydroxylation sites is 1. The second-order valence-corrected chi connectivity index (χ2v) is 7.01. The molecule has 0 bridgehead atoms. The van der Waals surface area contributed by atoms with E-state index in [1.54, 1.807) is 0 Å². The Kier molecular flexibility index (Phi) is 5.92. The van der Waals surface area contributed by atoms with E-state index in [4.69, 9.17) is 0 Å². The summed E-state index contributed by atoms with van der Waals surface area (Å²) < 4.78 is 0. The van der Waals surface area contributed by atoms with E-state index in [1.165, 1.54) is 49.1 Å². The lowest BCUT2D eigenvalue weighted by Crippen LogP contribution is -3.16. The Balaban J connectivity index is 1.40. The number of carbonyl (C=O) groups is 1. The van der Waals surface area contributed by atoms with Crippen LogP contribution in [0, 0.1) is 0 Å². The van der Waals surface area contributed by atoms with E-state index in [-0.39, 0.29) is 5.91 Å². The molecular weight excluding hydrogens is 286 g/mol. The maximum Gasteiger partial charge on any atom is 0.275 e. The SMILES string of the molecule is O=C(C[NH+]1CCN(c2ccccc2)CC1)NC1CCCCCC1. The van der Waals surface area contributed by atoms with Crippen molar-refractivity contribution in [1.29, 1.82) is 0 Å². The normalized spacial score (nSPS) is 21.0. The van der Waals surface area contributed by atoms with Crippen LogP contribution in [0.15, 0.2) is 30.3 Å². The minimum atomic E-state index is 0.250. The standard InChI is InChI=1S/C19H29N3O/c23-19(20-17-8-4-1-2-5-9-17)16-21-12-14-22(15-13-21)18-10-6-3-7-11-18/h3,6-7,10-11,17H,1-2,4-5,8-9,12-16H2,(H,20,23)/p+1. The van der Waals surface area contributed by atoms with Crippen molar-refractivity contribution in [3.05, 3.63) is 30.3 Å². The van der Waals surface area contributed by atoms with E-state index in [0.29, 0.717) is 12.6 Å². The van der Waals surface area contributed by atoms with Gasteiger partial charge in [0, 0.05) is 11.7 Å². The summed E-state index contributed by atoms with van der Waals surface area (Å²) in [5, 5.41) is 3.28. The molecule has 1 aliphatic carbocycles. The third kappa shape index (κ3) is 4.96. The molecule has 2 aliphatic rings. The van der Waals surface area contributed by atoms with Gasteiger partial charge in [0.25, 0.3) is 5.91 Å². The highest BCUT2D eigenvalue weighted by Crippen LogP contribution is 2.17. The first-order valence-electron chi connectivity index (χ1n) is 9.24. The van der Waals surface area contributed by atoms with Crippen LogP contribution in [0.2, 0.25) is 0 Å². The molecule has 0 atom stereocenters. The Morgan fingerprint density at radius 1 is 1.04 bits per heavy atom. The van der Waals surface area contributed by atoms with Gasteiger partial charge in [-0.1, -0.05) is 43.9 Å². The Morgan fingerprint density at radius 2 is 1.70 bits per heavy atom. The lowest BCUT2D eigenvalue weighted by Gasteiger charge is -2.33. The van der Waals surface area contributed by atoms with E-state index in [9.17, 15) is 4.79 Å². The number of hydrogen-bond donors (Lipinski definition) is 2. The Hall–Kier alpha value is -1.55. The number of amides is 1. The number of quaternary nitrogens is 1. The molecular formula is C19H30N3O+. The van der Waals surface area contributed by atoms with E-state index in [1.807, 2.05) is 0 Å². The van der Waals surface area contributed by atoms with Crippen LogP contribution in [0.1, 0.15) is 38.5 Å². The van der Waals surface area contributed by atoms with Gasteiger partial charge in [0.2, 0.25) is 0 Å². The average Bonchev–Trinajstić information content (AvgIpc) is 2.85. The lowest BCUT2D eigenvalue weighted by molar-refractivity contribution is -0.892. The van der Waals surface area contributed by atoms with Crippen LogP contribution in [-0.4, -0.2) is 44.7 Å². The first kappa shape index (κ1) is 16.3. The number of anilines is 1. The molecule has 126 valence electrons. The molecule has 0 radical (unpaired) electrons. The molecule has 4 nitrogen and oxygen atoms in total. The van der Waals surface area contributed by atoms with Crippen molar-refractivity contribution in [1.82, 2.24) is 5.32 Å². The summed E-state index contributed by atoms with van der Waals surface area (Å²) in [4.78, 5) is 16.1. The highest BCUT2D eigenvalue weighted by molar-refractivity contribution is 5.77. The van der Waals surface area contributed by atoms with Crippen LogP contribution in [-0.2, 0) is 4.79 Å². The molecule has 1 aromatic rings. The molecule has 1 saturated heterocycles. The minimum absolute atomic E-state index is 0.250. The molecule has 23 heavy (non-hydrogen) atoms. The first-order valence-corrected chi connectivity index (χ1v) is 9.24. The number of rotatable bonds is 4. The van der Waals surface area contributed by atoms with Gasteiger partial charge in [-0.3, -0.25) is 4.79 Å².